The second kappa shape index (κ2) is 7.29. The summed E-state index contributed by atoms with van der Waals surface area (Å²) in [6.45, 7) is 0.902. The van der Waals surface area contributed by atoms with E-state index in [0.29, 0.717) is 41.7 Å². The van der Waals surface area contributed by atoms with Crippen molar-refractivity contribution >= 4 is 17.5 Å². The lowest BCUT2D eigenvalue weighted by Gasteiger charge is -2.37. The second-order valence-corrected chi connectivity index (χ2v) is 7.25. The number of aliphatic hydroxyl groups excluding tert-OH is 1. The van der Waals surface area contributed by atoms with Crippen LogP contribution in [0.15, 0.2) is 36.4 Å². The SMILES string of the molecule is O=C(Cc1cc(Cl)c2c(c1)OCCO2)NC1(CO)COc2ccccc2C1. The van der Waals surface area contributed by atoms with Crippen molar-refractivity contribution in [1.29, 1.82) is 0 Å². The predicted molar refractivity (Wildman–Crippen MR) is 99.7 cm³/mol. The molecule has 0 aromatic heterocycles. The average molecular weight is 390 g/mol. The van der Waals surface area contributed by atoms with E-state index in [9.17, 15) is 9.90 Å². The topological polar surface area (TPSA) is 77.0 Å². The summed E-state index contributed by atoms with van der Waals surface area (Å²) in [7, 11) is 0. The lowest BCUT2D eigenvalue weighted by atomic mass is 9.89. The first kappa shape index (κ1) is 17.9. The molecule has 27 heavy (non-hydrogen) atoms. The maximum Gasteiger partial charge on any atom is 0.225 e. The molecule has 2 aromatic rings. The molecule has 2 heterocycles. The lowest BCUT2D eigenvalue weighted by molar-refractivity contribution is -0.123. The molecule has 2 aliphatic rings. The Labute approximate surface area is 162 Å². The highest BCUT2D eigenvalue weighted by atomic mass is 35.5. The zero-order chi connectivity index (χ0) is 18.9. The number of hydrogen-bond acceptors (Lipinski definition) is 5. The highest BCUT2D eigenvalue weighted by Crippen LogP contribution is 2.38. The Kier molecular flexibility index (Phi) is 4.85. The number of carbonyl (C=O) groups excluding carboxylic acids is 1. The third kappa shape index (κ3) is 3.68. The Hall–Kier alpha value is -2.44. The maximum absolute atomic E-state index is 12.6. The fourth-order valence-electron chi connectivity index (χ4n) is 3.44. The first-order valence-corrected chi connectivity index (χ1v) is 9.17. The van der Waals surface area contributed by atoms with E-state index >= 15 is 0 Å². The Balaban J connectivity index is 1.48. The van der Waals surface area contributed by atoms with Gasteiger partial charge in [0.05, 0.1) is 18.1 Å². The van der Waals surface area contributed by atoms with Gasteiger partial charge in [-0.3, -0.25) is 4.79 Å². The van der Waals surface area contributed by atoms with Gasteiger partial charge in [0, 0.05) is 6.42 Å². The van der Waals surface area contributed by atoms with Crippen molar-refractivity contribution in [3.8, 4) is 17.2 Å². The van der Waals surface area contributed by atoms with Crippen LogP contribution in [0.5, 0.6) is 17.2 Å². The average Bonchev–Trinajstić information content (AvgIpc) is 2.68. The fourth-order valence-corrected chi connectivity index (χ4v) is 3.72. The van der Waals surface area contributed by atoms with Gasteiger partial charge >= 0.3 is 0 Å². The zero-order valence-corrected chi connectivity index (χ0v) is 15.4. The molecule has 4 rings (SSSR count). The van der Waals surface area contributed by atoms with E-state index < -0.39 is 5.54 Å². The summed E-state index contributed by atoms with van der Waals surface area (Å²) in [4.78, 5) is 12.6. The summed E-state index contributed by atoms with van der Waals surface area (Å²) in [6, 6.07) is 11.1. The quantitative estimate of drug-likeness (QED) is 0.837. The van der Waals surface area contributed by atoms with Crippen LogP contribution in [0.2, 0.25) is 5.02 Å². The van der Waals surface area contributed by atoms with Crippen molar-refractivity contribution in [3.63, 3.8) is 0 Å². The molecule has 0 aliphatic carbocycles. The molecule has 142 valence electrons. The first-order chi connectivity index (χ1) is 13.1. The highest BCUT2D eigenvalue weighted by Gasteiger charge is 2.37. The summed E-state index contributed by atoms with van der Waals surface area (Å²) in [5.41, 5.74) is 0.829. The van der Waals surface area contributed by atoms with Crippen molar-refractivity contribution in [2.75, 3.05) is 26.4 Å². The molecule has 1 amide bonds. The van der Waals surface area contributed by atoms with E-state index in [4.69, 9.17) is 25.8 Å². The molecule has 0 saturated heterocycles. The Bertz CT molecular complexity index is 871. The number of para-hydroxylation sites is 1. The van der Waals surface area contributed by atoms with Gasteiger partial charge in [0.25, 0.3) is 0 Å². The standard InChI is InChI=1S/C20H20ClNO5/c21-15-7-13(8-17-19(15)26-6-5-25-17)9-18(24)22-20(11-23)10-14-3-1-2-4-16(14)27-12-20/h1-4,7-8,23H,5-6,9-12H2,(H,22,24). The van der Waals surface area contributed by atoms with Crippen LogP contribution in [0, 0.1) is 0 Å². The minimum absolute atomic E-state index is 0.111. The lowest BCUT2D eigenvalue weighted by Crippen LogP contribution is -2.58. The number of rotatable bonds is 4. The summed E-state index contributed by atoms with van der Waals surface area (Å²) >= 11 is 6.24. The third-order valence-corrected chi connectivity index (χ3v) is 5.01. The number of hydrogen-bond donors (Lipinski definition) is 2. The summed E-state index contributed by atoms with van der Waals surface area (Å²) in [6.07, 6.45) is 0.618. The van der Waals surface area contributed by atoms with Crippen molar-refractivity contribution in [3.05, 3.63) is 52.5 Å². The molecular weight excluding hydrogens is 370 g/mol. The number of aliphatic hydroxyl groups is 1. The van der Waals surface area contributed by atoms with Gasteiger partial charge in [-0.1, -0.05) is 29.8 Å². The van der Waals surface area contributed by atoms with Crippen molar-refractivity contribution in [2.45, 2.75) is 18.4 Å². The molecule has 7 heteroatoms. The van der Waals surface area contributed by atoms with Gasteiger partial charge in [0.1, 0.15) is 31.1 Å². The van der Waals surface area contributed by atoms with E-state index in [1.54, 1.807) is 12.1 Å². The molecule has 0 radical (unpaired) electrons. The van der Waals surface area contributed by atoms with Crippen molar-refractivity contribution in [2.24, 2.45) is 0 Å². The summed E-state index contributed by atoms with van der Waals surface area (Å²) < 4.78 is 16.8. The Morgan fingerprint density at radius 2 is 1.96 bits per heavy atom. The third-order valence-electron chi connectivity index (χ3n) is 4.73. The molecule has 1 unspecified atom stereocenters. The van der Waals surface area contributed by atoms with Crippen LogP contribution < -0.4 is 19.5 Å². The molecular formula is C20H20ClNO5. The van der Waals surface area contributed by atoms with Crippen molar-refractivity contribution < 1.29 is 24.1 Å². The van der Waals surface area contributed by atoms with Gasteiger partial charge in [-0.15, -0.1) is 0 Å². The number of nitrogens with one attached hydrogen (secondary N) is 1. The number of benzene rings is 2. The molecule has 0 fully saturated rings. The fraction of sp³-hybridized carbons (Fsp3) is 0.350. The Morgan fingerprint density at radius 1 is 1.15 bits per heavy atom. The van der Waals surface area contributed by atoms with Gasteiger partial charge in [-0.05, 0) is 29.3 Å². The molecule has 2 aliphatic heterocycles. The van der Waals surface area contributed by atoms with Crippen LogP contribution in [0.3, 0.4) is 0 Å². The van der Waals surface area contributed by atoms with Crippen LogP contribution in [0.4, 0.5) is 0 Å². The van der Waals surface area contributed by atoms with Gasteiger partial charge in [-0.25, -0.2) is 0 Å². The number of fused-ring (bicyclic) bond motifs is 2. The second-order valence-electron chi connectivity index (χ2n) is 6.84. The van der Waals surface area contributed by atoms with E-state index in [-0.39, 0.29) is 25.5 Å². The molecule has 6 nitrogen and oxygen atoms in total. The number of ether oxygens (including phenoxy) is 3. The first-order valence-electron chi connectivity index (χ1n) is 8.79. The van der Waals surface area contributed by atoms with E-state index in [1.807, 2.05) is 24.3 Å². The van der Waals surface area contributed by atoms with E-state index in [0.717, 1.165) is 11.3 Å². The largest absolute Gasteiger partial charge is 0.491 e. The molecule has 2 N–H and O–H groups in total. The van der Waals surface area contributed by atoms with Crippen LogP contribution in [0.25, 0.3) is 0 Å². The minimum atomic E-state index is -0.844. The molecule has 2 aromatic carbocycles. The number of halogens is 1. The highest BCUT2D eigenvalue weighted by molar-refractivity contribution is 6.32. The minimum Gasteiger partial charge on any atom is -0.491 e. The predicted octanol–water partition coefficient (Wildman–Crippen LogP) is 2.14. The van der Waals surface area contributed by atoms with Crippen LogP contribution in [-0.2, 0) is 17.6 Å². The molecule has 1 atom stereocenters. The van der Waals surface area contributed by atoms with Crippen LogP contribution in [-0.4, -0.2) is 43.0 Å². The smallest absolute Gasteiger partial charge is 0.225 e. The molecule has 0 saturated carbocycles. The summed E-state index contributed by atoms with van der Waals surface area (Å²) in [5.74, 6) is 1.62. The number of amides is 1. The van der Waals surface area contributed by atoms with Crippen molar-refractivity contribution in [1.82, 2.24) is 5.32 Å². The zero-order valence-electron chi connectivity index (χ0n) is 14.7. The molecule has 0 spiro atoms. The van der Waals surface area contributed by atoms with Gasteiger partial charge < -0.3 is 24.6 Å². The van der Waals surface area contributed by atoms with E-state index in [2.05, 4.69) is 5.32 Å². The van der Waals surface area contributed by atoms with Crippen LogP contribution >= 0.6 is 11.6 Å². The van der Waals surface area contributed by atoms with Gasteiger partial charge in [0.15, 0.2) is 11.5 Å². The monoisotopic (exact) mass is 389 g/mol. The normalized spacial score (nSPS) is 20.4. The molecule has 0 bridgehead atoms. The van der Waals surface area contributed by atoms with Gasteiger partial charge in [-0.2, -0.15) is 0 Å². The summed E-state index contributed by atoms with van der Waals surface area (Å²) in [5, 5.41) is 13.3. The Morgan fingerprint density at radius 3 is 2.81 bits per heavy atom. The maximum atomic E-state index is 12.6. The van der Waals surface area contributed by atoms with Gasteiger partial charge in [0.2, 0.25) is 5.91 Å². The van der Waals surface area contributed by atoms with E-state index in [1.165, 1.54) is 0 Å². The van der Waals surface area contributed by atoms with Crippen LogP contribution in [0.1, 0.15) is 11.1 Å². The number of carbonyl (C=O) groups is 1.